The molecular weight excluding hydrogens is 260 g/mol. The van der Waals surface area contributed by atoms with Gasteiger partial charge in [0.15, 0.2) is 0 Å². The second kappa shape index (κ2) is 7.04. The van der Waals surface area contributed by atoms with Crippen molar-refractivity contribution >= 4 is 28.8 Å². The van der Waals surface area contributed by atoms with Crippen molar-refractivity contribution in [3.05, 3.63) is 24.0 Å². The van der Waals surface area contributed by atoms with Gasteiger partial charge in [-0.25, -0.2) is 0 Å². The van der Waals surface area contributed by atoms with Crippen molar-refractivity contribution < 1.29 is 4.79 Å². The largest absolute Gasteiger partial charge is 0.388 e. The number of nitrogens with two attached hydrogens (primary N) is 1. The van der Waals surface area contributed by atoms with E-state index >= 15 is 0 Å². The lowest BCUT2D eigenvalue weighted by atomic mass is 10.2. The van der Waals surface area contributed by atoms with Gasteiger partial charge in [-0.15, -0.1) is 0 Å². The summed E-state index contributed by atoms with van der Waals surface area (Å²) in [5.74, 6) is 0.432. The number of rotatable bonds is 6. The van der Waals surface area contributed by atoms with Crippen molar-refractivity contribution in [1.29, 1.82) is 0 Å². The highest BCUT2D eigenvalue weighted by Crippen LogP contribution is 2.12. The zero-order chi connectivity index (χ0) is 14.4. The number of carbonyl (C=O) groups is 1. The number of pyridine rings is 1. The number of carbonyl (C=O) groups excluding carboxylic acids is 1. The van der Waals surface area contributed by atoms with Gasteiger partial charge in [-0.1, -0.05) is 26.1 Å². The minimum atomic E-state index is -0.00936. The van der Waals surface area contributed by atoms with E-state index in [1.165, 1.54) is 0 Å². The highest BCUT2D eigenvalue weighted by molar-refractivity contribution is 7.80. The van der Waals surface area contributed by atoms with E-state index in [4.69, 9.17) is 18.0 Å². The van der Waals surface area contributed by atoms with E-state index in [9.17, 15) is 4.79 Å². The Kier molecular flexibility index (Phi) is 5.69. The number of aromatic nitrogens is 1. The lowest BCUT2D eigenvalue weighted by Gasteiger charge is -2.19. The second-order valence-corrected chi connectivity index (χ2v) is 5.26. The van der Waals surface area contributed by atoms with E-state index < -0.39 is 0 Å². The Morgan fingerprint density at radius 3 is 2.84 bits per heavy atom. The van der Waals surface area contributed by atoms with Gasteiger partial charge in [0, 0.05) is 25.5 Å². The van der Waals surface area contributed by atoms with Crippen molar-refractivity contribution in [2.75, 3.05) is 25.0 Å². The number of anilines is 1. The first-order valence-corrected chi connectivity index (χ1v) is 6.54. The first-order chi connectivity index (χ1) is 8.90. The molecule has 19 heavy (non-hydrogen) atoms. The van der Waals surface area contributed by atoms with E-state index in [-0.39, 0.29) is 17.4 Å². The molecule has 0 bridgehead atoms. The predicted octanol–water partition coefficient (Wildman–Crippen LogP) is 0.924. The maximum absolute atomic E-state index is 11.7. The molecule has 0 aliphatic heterocycles. The van der Waals surface area contributed by atoms with Crippen LogP contribution in [0.1, 0.15) is 19.5 Å². The van der Waals surface area contributed by atoms with Crippen LogP contribution >= 0.6 is 12.2 Å². The molecule has 1 aromatic rings. The Bertz CT molecular complexity index is 462. The molecule has 1 rings (SSSR count). The summed E-state index contributed by atoms with van der Waals surface area (Å²) < 4.78 is 0. The first kappa shape index (κ1) is 15.4. The van der Waals surface area contributed by atoms with Gasteiger partial charge < -0.3 is 16.0 Å². The van der Waals surface area contributed by atoms with Crippen LogP contribution in [0.4, 0.5) is 5.69 Å². The van der Waals surface area contributed by atoms with Gasteiger partial charge in [-0.3, -0.25) is 9.78 Å². The minimum absolute atomic E-state index is 0.00936. The summed E-state index contributed by atoms with van der Waals surface area (Å²) in [6.45, 7) is 5.08. The Labute approximate surface area is 119 Å². The Morgan fingerprint density at radius 2 is 2.26 bits per heavy atom. The number of nitrogens with one attached hydrogen (secondary N) is 1. The maximum atomic E-state index is 11.7. The number of nitrogens with zero attached hydrogens (tertiary/aromatic N) is 2. The molecule has 0 saturated carbocycles. The Balaban J connectivity index is 2.62. The Morgan fingerprint density at radius 1 is 1.58 bits per heavy atom. The molecule has 0 spiro atoms. The van der Waals surface area contributed by atoms with Crippen LogP contribution < -0.4 is 16.0 Å². The zero-order valence-electron chi connectivity index (χ0n) is 11.5. The smallest absolute Gasteiger partial charge is 0.239 e. The number of likely N-dealkylation sites (N-methyl/N-ethyl adjacent to an activating group) is 1. The summed E-state index contributed by atoms with van der Waals surface area (Å²) in [5.41, 5.74) is 6.95. The molecule has 1 aromatic heterocycles. The zero-order valence-corrected chi connectivity index (χ0v) is 12.3. The van der Waals surface area contributed by atoms with Crippen molar-refractivity contribution in [2.45, 2.75) is 13.8 Å². The third-order valence-electron chi connectivity index (χ3n) is 2.53. The summed E-state index contributed by atoms with van der Waals surface area (Å²) in [7, 11) is 1.84. The van der Waals surface area contributed by atoms with Crippen LogP contribution in [0.3, 0.4) is 0 Å². The molecule has 0 atom stereocenters. The van der Waals surface area contributed by atoms with Crippen molar-refractivity contribution in [1.82, 2.24) is 10.3 Å². The SMILES string of the molecule is CC(C)CNC(=O)CN(C)c1ccnc(C(N)=S)c1. The molecule has 0 aromatic carbocycles. The third kappa shape index (κ3) is 5.21. The normalized spacial score (nSPS) is 10.3. The lowest BCUT2D eigenvalue weighted by molar-refractivity contribution is -0.119. The van der Waals surface area contributed by atoms with Crippen LogP contribution in [0.25, 0.3) is 0 Å². The van der Waals surface area contributed by atoms with Gasteiger partial charge in [0.25, 0.3) is 0 Å². The van der Waals surface area contributed by atoms with Gasteiger partial charge in [-0.05, 0) is 18.1 Å². The van der Waals surface area contributed by atoms with Crippen molar-refractivity contribution in [3.63, 3.8) is 0 Å². The molecule has 0 fully saturated rings. The molecule has 0 radical (unpaired) electrons. The van der Waals surface area contributed by atoms with Crippen LogP contribution in [0, 0.1) is 5.92 Å². The van der Waals surface area contributed by atoms with Crippen LogP contribution in [0.2, 0.25) is 0 Å². The fraction of sp³-hybridized carbons (Fsp3) is 0.462. The summed E-state index contributed by atoms with van der Waals surface area (Å²) in [5, 5.41) is 2.87. The van der Waals surface area contributed by atoms with Gasteiger partial charge >= 0.3 is 0 Å². The summed E-state index contributed by atoms with van der Waals surface area (Å²) in [4.78, 5) is 17.9. The van der Waals surface area contributed by atoms with Crippen LogP contribution in [0.5, 0.6) is 0 Å². The highest BCUT2D eigenvalue weighted by atomic mass is 32.1. The monoisotopic (exact) mass is 280 g/mol. The molecule has 0 aliphatic rings. The van der Waals surface area contributed by atoms with E-state index in [0.29, 0.717) is 18.2 Å². The van der Waals surface area contributed by atoms with E-state index in [1.807, 2.05) is 18.0 Å². The molecule has 1 heterocycles. The second-order valence-electron chi connectivity index (χ2n) is 4.82. The average molecular weight is 280 g/mol. The minimum Gasteiger partial charge on any atom is -0.388 e. The summed E-state index contributed by atoms with van der Waals surface area (Å²) in [6, 6.07) is 3.59. The van der Waals surface area contributed by atoms with Gasteiger partial charge in [-0.2, -0.15) is 0 Å². The molecule has 1 amide bonds. The predicted molar refractivity (Wildman–Crippen MR) is 81.2 cm³/mol. The number of amides is 1. The molecule has 5 nitrogen and oxygen atoms in total. The third-order valence-corrected chi connectivity index (χ3v) is 2.73. The van der Waals surface area contributed by atoms with Gasteiger partial charge in [0.05, 0.1) is 12.2 Å². The van der Waals surface area contributed by atoms with Crippen LogP contribution in [-0.4, -0.2) is 36.0 Å². The first-order valence-electron chi connectivity index (χ1n) is 6.14. The van der Waals surface area contributed by atoms with Crippen molar-refractivity contribution in [3.8, 4) is 0 Å². The van der Waals surface area contributed by atoms with E-state index in [2.05, 4.69) is 24.1 Å². The molecule has 104 valence electrons. The standard InChI is InChI=1S/C13H20N4OS/c1-9(2)7-16-12(18)8-17(3)10-4-5-15-11(6-10)13(14)19/h4-6,9H,7-8H2,1-3H3,(H2,14,19)(H,16,18). The molecule has 6 heteroatoms. The Hall–Kier alpha value is -1.69. The van der Waals surface area contributed by atoms with E-state index in [1.54, 1.807) is 12.3 Å². The molecule has 0 unspecified atom stereocenters. The molecule has 0 saturated heterocycles. The fourth-order valence-electron chi connectivity index (χ4n) is 1.47. The molecule has 0 aliphatic carbocycles. The number of hydrogen-bond acceptors (Lipinski definition) is 4. The van der Waals surface area contributed by atoms with Crippen molar-refractivity contribution in [2.24, 2.45) is 11.7 Å². The topological polar surface area (TPSA) is 71.2 Å². The highest BCUT2D eigenvalue weighted by Gasteiger charge is 2.09. The van der Waals surface area contributed by atoms with Gasteiger partial charge in [0.1, 0.15) is 4.99 Å². The van der Waals surface area contributed by atoms with E-state index in [0.717, 1.165) is 5.69 Å². The number of hydrogen-bond donors (Lipinski definition) is 2. The summed E-state index contributed by atoms with van der Waals surface area (Å²) in [6.07, 6.45) is 1.63. The van der Waals surface area contributed by atoms with Crippen LogP contribution in [0.15, 0.2) is 18.3 Å². The average Bonchev–Trinajstić information content (AvgIpc) is 2.36. The number of thiocarbonyl (C=S) groups is 1. The maximum Gasteiger partial charge on any atom is 0.239 e. The van der Waals surface area contributed by atoms with Gasteiger partial charge in [0.2, 0.25) is 5.91 Å². The van der Waals surface area contributed by atoms with Crippen LogP contribution in [-0.2, 0) is 4.79 Å². The quantitative estimate of drug-likeness (QED) is 0.758. The lowest BCUT2D eigenvalue weighted by Crippen LogP contribution is -2.36. The fourth-order valence-corrected chi connectivity index (χ4v) is 1.58. The molecular formula is C13H20N4OS. The summed E-state index contributed by atoms with van der Waals surface area (Å²) >= 11 is 4.88. The molecule has 3 N–H and O–H groups in total.